The fourth-order valence-corrected chi connectivity index (χ4v) is 3.25. The first-order valence-corrected chi connectivity index (χ1v) is 5.81. The van der Waals surface area contributed by atoms with E-state index in [1.165, 1.54) is 0 Å². The minimum atomic E-state index is -0.208. The molecule has 3 nitrogen and oxygen atoms in total. The maximum atomic E-state index is 9.91. The normalized spacial score (nSPS) is 39.0. The number of piperidine rings is 1. The Balaban J connectivity index is 3.07. The molecule has 1 aliphatic rings. The van der Waals surface area contributed by atoms with Gasteiger partial charge in [-0.05, 0) is 27.7 Å². The molecule has 2 N–H and O–H groups in total. The fraction of sp³-hybridized carbons (Fsp3) is 1.00. The summed E-state index contributed by atoms with van der Waals surface area (Å²) < 4.78 is 0.827. The van der Waals surface area contributed by atoms with Gasteiger partial charge in [0.15, 0.2) is 0 Å². The van der Waals surface area contributed by atoms with Gasteiger partial charge in [-0.3, -0.25) is 0 Å². The third-order valence-electron chi connectivity index (χ3n) is 4.69. The van der Waals surface area contributed by atoms with Gasteiger partial charge in [0.2, 0.25) is 0 Å². The van der Waals surface area contributed by atoms with E-state index in [1.807, 2.05) is 0 Å². The molecule has 0 aromatic carbocycles. The van der Waals surface area contributed by atoms with Gasteiger partial charge in [-0.15, -0.1) is 0 Å². The SMILES string of the molecule is CC1(C)CC(O)CC(C)(C)[N+]1(C)CCO. The van der Waals surface area contributed by atoms with Crippen molar-refractivity contribution in [2.75, 3.05) is 20.2 Å². The summed E-state index contributed by atoms with van der Waals surface area (Å²) >= 11 is 0. The molecule has 0 aliphatic carbocycles. The van der Waals surface area contributed by atoms with Crippen molar-refractivity contribution in [2.45, 2.75) is 57.7 Å². The topological polar surface area (TPSA) is 40.5 Å². The monoisotopic (exact) mass is 216 g/mol. The van der Waals surface area contributed by atoms with Gasteiger partial charge in [-0.25, -0.2) is 0 Å². The Labute approximate surface area is 93.3 Å². The average molecular weight is 216 g/mol. The first-order valence-electron chi connectivity index (χ1n) is 5.81. The number of hydrogen-bond acceptors (Lipinski definition) is 2. The summed E-state index contributed by atoms with van der Waals surface area (Å²) in [6, 6.07) is 0. The van der Waals surface area contributed by atoms with Gasteiger partial charge in [0.1, 0.15) is 6.54 Å². The molecule has 1 rings (SSSR count). The number of quaternary nitrogens is 1. The lowest BCUT2D eigenvalue weighted by molar-refractivity contribution is -1.00. The molecule has 0 aromatic heterocycles. The Kier molecular flexibility index (Phi) is 3.21. The molecule has 0 bridgehead atoms. The van der Waals surface area contributed by atoms with Crippen molar-refractivity contribution in [3.8, 4) is 0 Å². The second-order valence-electron chi connectivity index (χ2n) is 6.33. The van der Waals surface area contributed by atoms with Crippen LogP contribution in [0.1, 0.15) is 40.5 Å². The van der Waals surface area contributed by atoms with Crippen LogP contribution in [0.5, 0.6) is 0 Å². The van der Waals surface area contributed by atoms with Crippen LogP contribution >= 0.6 is 0 Å². The molecule has 15 heavy (non-hydrogen) atoms. The quantitative estimate of drug-likeness (QED) is 0.680. The van der Waals surface area contributed by atoms with Gasteiger partial charge in [0, 0.05) is 12.8 Å². The summed E-state index contributed by atoms with van der Waals surface area (Å²) in [4.78, 5) is 0. The van der Waals surface area contributed by atoms with Crippen LogP contribution in [0.25, 0.3) is 0 Å². The molecule has 0 unspecified atom stereocenters. The third kappa shape index (κ3) is 1.93. The van der Waals surface area contributed by atoms with Gasteiger partial charge < -0.3 is 14.7 Å². The minimum absolute atomic E-state index is 0.0178. The molecule has 3 heteroatoms. The van der Waals surface area contributed by atoms with Gasteiger partial charge >= 0.3 is 0 Å². The van der Waals surface area contributed by atoms with E-state index < -0.39 is 0 Å². The molecule has 0 saturated carbocycles. The Morgan fingerprint density at radius 3 is 1.87 bits per heavy atom. The smallest absolute Gasteiger partial charge is 0.103 e. The van der Waals surface area contributed by atoms with E-state index >= 15 is 0 Å². The predicted molar refractivity (Wildman–Crippen MR) is 61.5 cm³/mol. The summed E-state index contributed by atoms with van der Waals surface area (Å²) in [5, 5.41) is 19.1. The van der Waals surface area contributed by atoms with Crippen LogP contribution in [0, 0.1) is 0 Å². The minimum Gasteiger partial charge on any atom is -0.393 e. The Morgan fingerprint density at radius 1 is 1.13 bits per heavy atom. The zero-order chi connectivity index (χ0) is 11.9. The molecule has 0 atom stereocenters. The number of hydrogen-bond donors (Lipinski definition) is 2. The first-order chi connectivity index (χ1) is 6.66. The number of aliphatic hydroxyl groups excluding tert-OH is 2. The highest BCUT2D eigenvalue weighted by Crippen LogP contribution is 2.43. The lowest BCUT2D eigenvalue weighted by Crippen LogP contribution is -2.73. The molecule has 0 amide bonds. The van der Waals surface area contributed by atoms with Gasteiger partial charge in [-0.2, -0.15) is 0 Å². The second kappa shape index (κ2) is 3.72. The maximum absolute atomic E-state index is 9.91. The Hall–Kier alpha value is -0.120. The summed E-state index contributed by atoms with van der Waals surface area (Å²) in [5.74, 6) is 0. The van der Waals surface area contributed by atoms with E-state index in [2.05, 4.69) is 34.7 Å². The molecule has 0 aromatic rings. The molecule has 1 heterocycles. The molecule has 0 spiro atoms. The lowest BCUT2D eigenvalue weighted by atomic mass is 9.75. The number of likely N-dealkylation sites (tertiary alicyclic amines) is 1. The van der Waals surface area contributed by atoms with Gasteiger partial charge in [0.25, 0.3) is 0 Å². The lowest BCUT2D eigenvalue weighted by Gasteiger charge is -2.60. The van der Waals surface area contributed by atoms with Crippen LogP contribution < -0.4 is 0 Å². The Morgan fingerprint density at radius 2 is 1.53 bits per heavy atom. The number of likely N-dealkylation sites (N-methyl/N-ethyl adjacent to an activating group) is 1. The van der Waals surface area contributed by atoms with Crippen molar-refractivity contribution < 1.29 is 14.7 Å². The van der Waals surface area contributed by atoms with E-state index in [-0.39, 0.29) is 23.8 Å². The van der Waals surface area contributed by atoms with Crippen molar-refractivity contribution in [1.82, 2.24) is 0 Å². The first kappa shape index (κ1) is 12.9. The molecular formula is C12H26NO2+. The van der Waals surface area contributed by atoms with Crippen molar-refractivity contribution >= 4 is 0 Å². The van der Waals surface area contributed by atoms with Crippen LogP contribution in [0.15, 0.2) is 0 Å². The van der Waals surface area contributed by atoms with Crippen molar-refractivity contribution in [2.24, 2.45) is 0 Å². The maximum Gasteiger partial charge on any atom is 0.103 e. The average Bonchev–Trinajstić information content (AvgIpc) is 1.99. The van der Waals surface area contributed by atoms with E-state index in [9.17, 15) is 10.2 Å². The van der Waals surface area contributed by atoms with E-state index in [0.29, 0.717) is 0 Å². The molecule has 1 fully saturated rings. The second-order valence-corrected chi connectivity index (χ2v) is 6.33. The number of nitrogens with zero attached hydrogens (tertiary/aromatic N) is 1. The molecule has 1 aliphatic heterocycles. The molecule has 1 saturated heterocycles. The van der Waals surface area contributed by atoms with Crippen LogP contribution in [-0.2, 0) is 0 Å². The zero-order valence-corrected chi connectivity index (χ0v) is 10.7. The van der Waals surface area contributed by atoms with Gasteiger partial charge in [0.05, 0.1) is 30.8 Å². The summed E-state index contributed by atoms with van der Waals surface area (Å²) in [7, 11) is 2.20. The molecule has 0 radical (unpaired) electrons. The predicted octanol–water partition coefficient (Wildman–Crippen LogP) is 1.14. The summed E-state index contributed by atoms with van der Waals surface area (Å²) in [6.45, 7) is 9.71. The van der Waals surface area contributed by atoms with Crippen molar-refractivity contribution in [3.63, 3.8) is 0 Å². The summed E-state index contributed by atoms with van der Waals surface area (Å²) in [5.41, 5.74) is 0.0355. The van der Waals surface area contributed by atoms with E-state index in [4.69, 9.17) is 0 Å². The zero-order valence-electron chi connectivity index (χ0n) is 10.7. The Bertz CT molecular complexity index is 218. The van der Waals surface area contributed by atoms with Crippen LogP contribution in [0.2, 0.25) is 0 Å². The van der Waals surface area contributed by atoms with E-state index in [0.717, 1.165) is 23.9 Å². The number of rotatable bonds is 2. The highest BCUT2D eigenvalue weighted by Gasteiger charge is 2.55. The highest BCUT2D eigenvalue weighted by atomic mass is 16.3. The summed E-state index contributed by atoms with van der Waals surface area (Å²) in [6.07, 6.45) is 1.42. The third-order valence-corrected chi connectivity index (χ3v) is 4.69. The van der Waals surface area contributed by atoms with Gasteiger partial charge in [-0.1, -0.05) is 0 Å². The largest absolute Gasteiger partial charge is 0.393 e. The van der Waals surface area contributed by atoms with E-state index in [1.54, 1.807) is 0 Å². The van der Waals surface area contributed by atoms with Crippen LogP contribution in [-0.4, -0.2) is 52.1 Å². The molecular weight excluding hydrogens is 190 g/mol. The van der Waals surface area contributed by atoms with Crippen LogP contribution in [0.3, 0.4) is 0 Å². The molecule has 90 valence electrons. The van der Waals surface area contributed by atoms with Crippen molar-refractivity contribution in [1.29, 1.82) is 0 Å². The highest BCUT2D eigenvalue weighted by molar-refractivity contribution is 4.89. The standard InChI is InChI=1S/C12H26NO2/c1-11(2)8-10(15)9-12(3,4)13(11,5)6-7-14/h10,14-15H,6-9H2,1-5H3/q+1. The fourth-order valence-electron chi connectivity index (χ4n) is 3.25. The van der Waals surface area contributed by atoms with Crippen LogP contribution in [0.4, 0.5) is 0 Å². The van der Waals surface area contributed by atoms with Crippen molar-refractivity contribution in [3.05, 3.63) is 0 Å². The number of aliphatic hydroxyl groups is 2.